The van der Waals surface area contributed by atoms with Crippen molar-refractivity contribution < 1.29 is 22.8 Å². The summed E-state index contributed by atoms with van der Waals surface area (Å²) in [5, 5.41) is 4.65. The number of hydrogen-bond donors (Lipinski definition) is 2. The molecule has 1 aliphatic rings. The molecule has 102 valence electrons. The predicted molar refractivity (Wildman–Crippen MR) is 60.7 cm³/mol. The Hall–Kier alpha value is -2.05. The molecule has 0 radical (unpaired) electrons. The molecule has 2 N–H and O–H groups in total. The molecular weight excluding hydrogens is 261 g/mol. The van der Waals surface area contributed by atoms with E-state index in [9.17, 15) is 22.8 Å². The van der Waals surface area contributed by atoms with E-state index in [2.05, 4.69) is 10.6 Å². The van der Waals surface area contributed by atoms with Gasteiger partial charge in [0.1, 0.15) is 0 Å². The van der Waals surface area contributed by atoms with Crippen molar-refractivity contribution in [2.45, 2.75) is 13.3 Å². The summed E-state index contributed by atoms with van der Waals surface area (Å²) in [6.45, 7) is 1.64. The first kappa shape index (κ1) is 13.4. The number of halogens is 3. The Bertz CT molecular complexity index is 562. The van der Waals surface area contributed by atoms with Gasteiger partial charge >= 0.3 is 0 Å². The highest BCUT2D eigenvalue weighted by molar-refractivity contribution is 5.99. The first-order chi connectivity index (χ1) is 8.83. The van der Waals surface area contributed by atoms with Crippen molar-refractivity contribution in [3.8, 4) is 0 Å². The quantitative estimate of drug-likeness (QED) is 0.803. The molecule has 1 aromatic carbocycles. The number of nitrogens with one attached hydrogen (secondary N) is 2. The van der Waals surface area contributed by atoms with Gasteiger partial charge in [-0.2, -0.15) is 0 Å². The standard InChI is InChI=1S/C12H11F3N2O2/c1-12(4-8(18)16-5-12)11(19)17-7-3-2-6(13)9(14)10(7)15/h2-3H,4-5H2,1H3,(H,16,18)(H,17,19). The van der Waals surface area contributed by atoms with Crippen LogP contribution in [0.1, 0.15) is 13.3 Å². The summed E-state index contributed by atoms with van der Waals surface area (Å²) in [4.78, 5) is 23.1. The zero-order valence-corrected chi connectivity index (χ0v) is 10.0. The number of benzene rings is 1. The van der Waals surface area contributed by atoms with Crippen LogP contribution >= 0.6 is 0 Å². The molecule has 0 aromatic heterocycles. The van der Waals surface area contributed by atoms with E-state index >= 15 is 0 Å². The number of rotatable bonds is 2. The van der Waals surface area contributed by atoms with Gasteiger partial charge < -0.3 is 10.6 Å². The largest absolute Gasteiger partial charge is 0.355 e. The minimum atomic E-state index is -1.65. The summed E-state index contributed by atoms with van der Waals surface area (Å²) in [5.74, 6) is -5.36. The maximum atomic E-state index is 13.4. The fourth-order valence-electron chi connectivity index (χ4n) is 1.83. The fourth-order valence-corrected chi connectivity index (χ4v) is 1.83. The third kappa shape index (κ3) is 2.40. The topological polar surface area (TPSA) is 58.2 Å². The molecule has 0 aliphatic carbocycles. The second kappa shape index (κ2) is 4.56. The molecule has 1 fully saturated rings. The lowest BCUT2D eigenvalue weighted by atomic mass is 9.88. The number of hydrogen-bond acceptors (Lipinski definition) is 2. The fraction of sp³-hybridized carbons (Fsp3) is 0.333. The lowest BCUT2D eigenvalue weighted by Gasteiger charge is -2.20. The zero-order valence-electron chi connectivity index (χ0n) is 10.0. The summed E-state index contributed by atoms with van der Waals surface area (Å²) in [5.41, 5.74) is -1.49. The van der Waals surface area contributed by atoms with Crippen LogP contribution in [0.2, 0.25) is 0 Å². The van der Waals surface area contributed by atoms with Gasteiger partial charge in [-0.25, -0.2) is 13.2 Å². The van der Waals surface area contributed by atoms with E-state index in [-0.39, 0.29) is 18.9 Å². The molecule has 7 heteroatoms. The van der Waals surface area contributed by atoms with Crippen molar-refractivity contribution in [1.29, 1.82) is 0 Å². The van der Waals surface area contributed by atoms with Gasteiger partial charge in [0.25, 0.3) is 0 Å². The molecule has 0 bridgehead atoms. The normalized spacial score (nSPS) is 22.2. The molecule has 1 unspecified atom stereocenters. The summed E-state index contributed by atoms with van der Waals surface area (Å²) >= 11 is 0. The molecule has 1 saturated heterocycles. The van der Waals surface area contributed by atoms with Crippen molar-refractivity contribution in [1.82, 2.24) is 5.32 Å². The highest BCUT2D eigenvalue weighted by Gasteiger charge is 2.41. The van der Waals surface area contributed by atoms with Crippen molar-refractivity contribution in [3.05, 3.63) is 29.6 Å². The molecule has 0 saturated carbocycles. The van der Waals surface area contributed by atoms with Crippen LogP contribution < -0.4 is 10.6 Å². The number of anilines is 1. The number of carbonyl (C=O) groups excluding carboxylic acids is 2. The molecule has 2 rings (SSSR count). The Morgan fingerprint density at radius 1 is 1.32 bits per heavy atom. The molecule has 1 heterocycles. The van der Waals surface area contributed by atoms with Gasteiger partial charge in [-0.3, -0.25) is 9.59 Å². The van der Waals surface area contributed by atoms with Crippen LogP contribution in [0.25, 0.3) is 0 Å². The molecule has 2 amide bonds. The van der Waals surface area contributed by atoms with Crippen LogP contribution in [0, 0.1) is 22.9 Å². The van der Waals surface area contributed by atoms with Gasteiger partial charge in [0.2, 0.25) is 11.8 Å². The summed E-state index contributed by atoms with van der Waals surface area (Å²) < 4.78 is 39.1. The smallest absolute Gasteiger partial charge is 0.232 e. The first-order valence-electron chi connectivity index (χ1n) is 5.55. The van der Waals surface area contributed by atoms with E-state index < -0.39 is 34.5 Å². The average Bonchev–Trinajstić information content (AvgIpc) is 2.71. The minimum absolute atomic E-state index is 0.0376. The van der Waals surface area contributed by atoms with Crippen molar-refractivity contribution in [2.75, 3.05) is 11.9 Å². The van der Waals surface area contributed by atoms with Crippen LogP contribution in [0.3, 0.4) is 0 Å². The van der Waals surface area contributed by atoms with Crippen molar-refractivity contribution in [2.24, 2.45) is 5.41 Å². The van der Waals surface area contributed by atoms with E-state index in [0.29, 0.717) is 6.07 Å². The van der Waals surface area contributed by atoms with Crippen molar-refractivity contribution in [3.63, 3.8) is 0 Å². The highest BCUT2D eigenvalue weighted by Crippen LogP contribution is 2.28. The minimum Gasteiger partial charge on any atom is -0.355 e. The molecule has 0 spiro atoms. The highest BCUT2D eigenvalue weighted by atomic mass is 19.2. The van der Waals surface area contributed by atoms with Gasteiger partial charge in [-0.05, 0) is 19.1 Å². The first-order valence-corrected chi connectivity index (χ1v) is 5.55. The summed E-state index contributed by atoms with van der Waals surface area (Å²) in [6, 6.07) is 1.65. The third-order valence-corrected chi connectivity index (χ3v) is 3.06. The Balaban J connectivity index is 2.20. The summed E-state index contributed by atoms with van der Waals surface area (Å²) in [6.07, 6.45) is -0.0376. The third-order valence-electron chi connectivity index (χ3n) is 3.06. The SMILES string of the molecule is CC1(C(=O)Nc2ccc(F)c(F)c2F)CNC(=O)C1. The van der Waals surface area contributed by atoms with Gasteiger partial charge in [0, 0.05) is 13.0 Å². The lowest BCUT2D eigenvalue weighted by Crippen LogP contribution is -2.35. The van der Waals surface area contributed by atoms with Gasteiger partial charge in [0.05, 0.1) is 11.1 Å². The maximum Gasteiger partial charge on any atom is 0.232 e. The van der Waals surface area contributed by atoms with E-state index in [1.165, 1.54) is 6.92 Å². The Morgan fingerprint density at radius 2 is 2.00 bits per heavy atom. The summed E-state index contributed by atoms with van der Waals surface area (Å²) in [7, 11) is 0. The second-order valence-corrected chi connectivity index (χ2v) is 4.69. The molecule has 1 aliphatic heterocycles. The van der Waals surface area contributed by atoms with Gasteiger partial charge in [-0.1, -0.05) is 0 Å². The van der Waals surface area contributed by atoms with E-state index in [1.54, 1.807) is 0 Å². The predicted octanol–water partition coefficient (Wildman–Crippen LogP) is 1.57. The molecular formula is C12H11F3N2O2. The van der Waals surface area contributed by atoms with Crippen LogP contribution in [-0.2, 0) is 9.59 Å². The van der Waals surface area contributed by atoms with Gasteiger partial charge in [0.15, 0.2) is 17.5 Å². The number of amides is 2. The van der Waals surface area contributed by atoms with E-state index in [4.69, 9.17) is 0 Å². The van der Waals surface area contributed by atoms with Gasteiger partial charge in [-0.15, -0.1) is 0 Å². The van der Waals surface area contributed by atoms with Crippen molar-refractivity contribution >= 4 is 17.5 Å². The Kier molecular flexibility index (Phi) is 3.21. The van der Waals surface area contributed by atoms with Crippen LogP contribution in [0.4, 0.5) is 18.9 Å². The maximum absolute atomic E-state index is 13.4. The van der Waals surface area contributed by atoms with Crippen LogP contribution in [-0.4, -0.2) is 18.4 Å². The second-order valence-electron chi connectivity index (χ2n) is 4.69. The average molecular weight is 272 g/mol. The van der Waals surface area contributed by atoms with E-state index in [1.807, 2.05) is 0 Å². The van der Waals surface area contributed by atoms with Crippen LogP contribution in [0.15, 0.2) is 12.1 Å². The molecule has 4 nitrogen and oxygen atoms in total. The van der Waals surface area contributed by atoms with E-state index in [0.717, 1.165) is 6.07 Å². The van der Waals surface area contributed by atoms with Crippen LogP contribution in [0.5, 0.6) is 0 Å². The molecule has 19 heavy (non-hydrogen) atoms. The monoisotopic (exact) mass is 272 g/mol. The Labute approximate surface area is 107 Å². The Morgan fingerprint density at radius 3 is 2.58 bits per heavy atom. The molecule has 1 aromatic rings. The molecule has 1 atom stereocenters. The lowest BCUT2D eigenvalue weighted by molar-refractivity contribution is -0.126. The zero-order chi connectivity index (χ0) is 14.2. The number of carbonyl (C=O) groups is 2.